The molecule has 21 heavy (non-hydrogen) atoms. The second-order valence-corrected chi connectivity index (χ2v) is 5.55. The minimum atomic E-state index is -0.217. The van der Waals surface area contributed by atoms with Crippen LogP contribution >= 0.6 is 0 Å². The zero-order chi connectivity index (χ0) is 15.1. The van der Waals surface area contributed by atoms with E-state index >= 15 is 0 Å². The van der Waals surface area contributed by atoms with Gasteiger partial charge in [-0.2, -0.15) is 0 Å². The molecule has 116 valence electrons. The molecule has 2 unspecified atom stereocenters. The summed E-state index contributed by atoms with van der Waals surface area (Å²) in [6.07, 6.45) is 4.49. The molecule has 0 aromatic heterocycles. The summed E-state index contributed by atoms with van der Waals surface area (Å²) >= 11 is 0. The molecule has 2 rings (SSSR count). The zero-order valence-electron chi connectivity index (χ0n) is 12.5. The standard InChI is InChI=1S/C16H24N2O3/c1-21-15-8-4-7-14(9-15)18-16(20)17-10-12-5-2-3-6-13(12)11-19/h4,7-9,12-13,19H,2-3,5-6,10-11H2,1H3,(H2,17,18,20). The van der Waals surface area contributed by atoms with Gasteiger partial charge in [0.1, 0.15) is 5.75 Å². The monoisotopic (exact) mass is 292 g/mol. The summed E-state index contributed by atoms with van der Waals surface area (Å²) in [4.78, 5) is 11.9. The molecule has 0 spiro atoms. The van der Waals surface area contributed by atoms with Crippen LogP contribution in [0.2, 0.25) is 0 Å². The summed E-state index contributed by atoms with van der Waals surface area (Å²) in [5.41, 5.74) is 0.703. The summed E-state index contributed by atoms with van der Waals surface area (Å²) in [6.45, 7) is 0.824. The van der Waals surface area contributed by atoms with Crippen LogP contribution in [-0.2, 0) is 0 Å². The van der Waals surface area contributed by atoms with Crippen LogP contribution in [0.1, 0.15) is 25.7 Å². The van der Waals surface area contributed by atoms with Crippen molar-refractivity contribution in [3.8, 4) is 5.75 Å². The van der Waals surface area contributed by atoms with Crippen LogP contribution in [0, 0.1) is 11.8 Å². The Hall–Kier alpha value is -1.75. The average Bonchev–Trinajstić information content (AvgIpc) is 2.53. The second kappa shape index (κ2) is 7.88. The van der Waals surface area contributed by atoms with Gasteiger partial charge in [-0.15, -0.1) is 0 Å². The fourth-order valence-electron chi connectivity index (χ4n) is 2.89. The molecule has 1 aliphatic carbocycles. The SMILES string of the molecule is COc1cccc(NC(=O)NCC2CCCCC2CO)c1. The lowest BCUT2D eigenvalue weighted by Crippen LogP contribution is -2.37. The molecule has 0 bridgehead atoms. The van der Waals surface area contributed by atoms with Crippen molar-refractivity contribution in [3.63, 3.8) is 0 Å². The van der Waals surface area contributed by atoms with Crippen molar-refractivity contribution in [2.45, 2.75) is 25.7 Å². The summed E-state index contributed by atoms with van der Waals surface area (Å²) in [5.74, 6) is 1.40. The van der Waals surface area contributed by atoms with E-state index in [4.69, 9.17) is 4.74 Å². The van der Waals surface area contributed by atoms with Crippen molar-refractivity contribution in [2.24, 2.45) is 11.8 Å². The lowest BCUT2D eigenvalue weighted by Gasteiger charge is -2.30. The molecular formula is C16H24N2O3. The van der Waals surface area contributed by atoms with E-state index in [2.05, 4.69) is 10.6 Å². The summed E-state index contributed by atoms with van der Waals surface area (Å²) in [7, 11) is 1.59. The van der Waals surface area contributed by atoms with Crippen molar-refractivity contribution < 1.29 is 14.6 Å². The third-order valence-corrected chi connectivity index (χ3v) is 4.15. The number of anilines is 1. The van der Waals surface area contributed by atoms with E-state index in [0.717, 1.165) is 12.8 Å². The Morgan fingerprint density at radius 2 is 2.10 bits per heavy atom. The number of carbonyl (C=O) groups excluding carboxylic acids is 1. The van der Waals surface area contributed by atoms with Gasteiger partial charge in [-0.05, 0) is 36.8 Å². The Balaban J connectivity index is 1.81. The Bertz CT molecular complexity index is 465. The number of rotatable bonds is 5. The normalized spacial score (nSPS) is 21.6. The predicted molar refractivity (Wildman–Crippen MR) is 82.5 cm³/mol. The third-order valence-electron chi connectivity index (χ3n) is 4.15. The van der Waals surface area contributed by atoms with Crippen molar-refractivity contribution >= 4 is 11.7 Å². The molecule has 5 nitrogen and oxygen atoms in total. The van der Waals surface area contributed by atoms with Crippen molar-refractivity contribution in [1.29, 1.82) is 0 Å². The molecule has 3 N–H and O–H groups in total. The number of nitrogens with one attached hydrogen (secondary N) is 2. The molecule has 1 saturated carbocycles. The van der Waals surface area contributed by atoms with Gasteiger partial charge in [-0.25, -0.2) is 4.79 Å². The molecule has 0 radical (unpaired) electrons. The first-order valence-corrected chi connectivity index (χ1v) is 7.52. The quantitative estimate of drug-likeness (QED) is 0.781. The van der Waals surface area contributed by atoms with Crippen LogP contribution in [0.4, 0.5) is 10.5 Å². The van der Waals surface area contributed by atoms with E-state index in [1.165, 1.54) is 12.8 Å². The first kappa shape index (κ1) is 15.6. The van der Waals surface area contributed by atoms with Crippen molar-refractivity contribution in [2.75, 3.05) is 25.6 Å². The molecular weight excluding hydrogens is 268 g/mol. The number of hydrogen-bond acceptors (Lipinski definition) is 3. The Labute approximate surface area is 125 Å². The summed E-state index contributed by atoms with van der Waals surface area (Å²) in [5, 5.41) is 15.1. The van der Waals surface area contributed by atoms with Crippen LogP contribution in [0.5, 0.6) is 5.75 Å². The fraction of sp³-hybridized carbons (Fsp3) is 0.562. The molecule has 1 aromatic carbocycles. The lowest BCUT2D eigenvalue weighted by molar-refractivity contribution is 0.134. The van der Waals surface area contributed by atoms with Gasteiger partial charge in [0.15, 0.2) is 0 Å². The highest BCUT2D eigenvalue weighted by Gasteiger charge is 2.24. The van der Waals surface area contributed by atoms with Gasteiger partial charge >= 0.3 is 6.03 Å². The lowest BCUT2D eigenvalue weighted by atomic mass is 9.80. The van der Waals surface area contributed by atoms with E-state index in [-0.39, 0.29) is 12.6 Å². The molecule has 2 atom stereocenters. The average molecular weight is 292 g/mol. The van der Waals surface area contributed by atoms with Gasteiger partial charge in [0, 0.05) is 24.9 Å². The maximum atomic E-state index is 11.9. The smallest absolute Gasteiger partial charge is 0.319 e. The molecule has 5 heteroatoms. The maximum absolute atomic E-state index is 11.9. The zero-order valence-corrected chi connectivity index (χ0v) is 12.5. The van der Waals surface area contributed by atoms with E-state index in [1.807, 2.05) is 18.2 Å². The largest absolute Gasteiger partial charge is 0.497 e. The number of urea groups is 1. The number of benzene rings is 1. The van der Waals surface area contributed by atoms with Gasteiger partial charge < -0.3 is 20.5 Å². The van der Waals surface area contributed by atoms with Gasteiger partial charge in [-0.1, -0.05) is 18.9 Å². The molecule has 0 heterocycles. The highest BCUT2D eigenvalue weighted by Crippen LogP contribution is 2.29. The van der Waals surface area contributed by atoms with Gasteiger partial charge in [0.05, 0.1) is 7.11 Å². The number of aliphatic hydroxyl groups is 1. The number of amides is 2. The van der Waals surface area contributed by atoms with Gasteiger partial charge in [0.25, 0.3) is 0 Å². The minimum Gasteiger partial charge on any atom is -0.497 e. The maximum Gasteiger partial charge on any atom is 0.319 e. The number of ether oxygens (including phenoxy) is 1. The van der Waals surface area contributed by atoms with Gasteiger partial charge in [-0.3, -0.25) is 0 Å². The van der Waals surface area contributed by atoms with Crippen molar-refractivity contribution in [1.82, 2.24) is 5.32 Å². The van der Waals surface area contributed by atoms with Crippen LogP contribution in [-0.4, -0.2) is 31.4 Å². The highest BCUT2D eigenvalue weighted by molar-refractivity contribution is 5.89. The van der Waals surface area contributed by atoms with Crippen molar-refractivity contribution in [3.05, 3.63) is 24.3 Å². The Kier molecular flexibility index (Phi) is 5.87. The van der Waals surface area contributed by atoms with E-state index in [0.29, 0.717) is 29.8 Å². The molecule has 1 aliphatic rings. The molecule has 0 saturated heterocycles. The number of carbonyl (C=O) groups is 1. The summed E-state index contributed by atoms with van der Waals surface area (Å²) < 4.78 is 5.12. The number of hydrogen-bond donors (Lipinski definition) is 3. The van der Waals surface area contributed by atoms with E-state index < -0.39 is 0 Å². The summed E-state index contributed by atoms with van der Waals surface area (Å²) in [6, 6.07) is 7.04. The Morgan fingerprint density at radius 3 is 2.81 bits per heavy atom. The molecule has 0 aliphatic heterocycles. The third kappa shape index (κ3) is 4.63. The minimum absolute atomic E-state index is 0.212. The van der Waals surface area contributed by atoms with Crippen LogP contribution < -0.4 is 15.4 Å². The molecule has 2 amide bonds. The topological polar surface area (TPSA) is 70.6 Å². The van der Waals surface area contributed by atoms with Crippen LogP contribution in [0.15, 0.2) is 24.3 Å². The number of methoxy groups -OCH3 is 1. The molecule has 1 aromatic rings. The van der Waals surface area contributed by atoms with E-state index in [1.54, 1.807) is 13.2 Å². The van der Waals surface area contributed by atoms with Crippen LogP contribution in [0.25, 0.3) is 0 Å². The predicted octanol–water partition coefficient (Wildman–Crippen LogP) is 2.62. The Morgan fingerprint density at radius 1 is 1.33 bits per heavy atom. The molecule has 1 fully saturated rings. The first-order chi connectivity index (χ1) is 10.2. The van der Waals surface area contributed by atoms with Gasteiger partial charge in [0.2, 0.25) is 0 Å². The fourth-order valence-corrected chi connectivity index (χ4v) is 2.89. The van der Waals surface area contributed by atoms with E-state index in [9.17, 15) is 9.90 Å². The van der Waals surface area contributed by atoms with Crippen LogP contribution in [0.3, 0.4) is 0 Å². The second-order valence-electron chi connectivity index (χ2n) is 5.55. The highest BCUT2D eigenvalue weighted by atomic mass is 16.5. The first-order valence-electron chi connectivity index (χ1n) is 7.52. The number of aliphatic hydroxyl groups excluding tert-OH is 1.